The highest BCUT2D eigenvalue weighted by atomic mass is 32.2. The molecule has 0 saturated carbocycles. The molecule has 0 aliphatic heterocycles. The molecule has 0 bridgehead atoms. The Morgan fingerprint density at radius 3 is 2.38 bits per heavy atom. The number of hydrogen-bond acceptors (Lipinski definition) is 6. The minimum atomic E-state index is -3.29. The average molecular weight is 381 g/mol. The monoisotopic (exact) mass is 381 g/mol. The smallest absolute Gasteiger partial charge is 0.314 e. The highest BCUT2D eigenvalue weighted by molar-refractivity contribution is 7.90. The zero-order valence-electron chi connectivity index (χ0n) is 13.5. The van der Waals surface area contributed by atoms with Crippen LogP contribution in [0.25, 0.3) is 11.5 Å². The van der Waals surface area contributed by atoms with Crippen molar-refractivity contribution in [3.63, 3.8) is 0 Å². The molecule has 0 fully saturated rings. The van der Waals surface area contributed by atoms with E-state index in [9.17, 15) is 22.0 Å². The molecule has 7 nitrogen and oxygen atoms in total. The zero-order chi connectivity index (χ0) is 18.9. The summed E-state index contributed by atoms with van der Waals surface area (Å²) in [5.41, 5.74) is 0.564. The van der Waals surface area contributed by atoms with Gasteiger partial charge in [0, 0.05) is 24.1 Å². The normalized spacial score (nSPS) is 11.8. The van der Waals surface area contributed by atoms with Crippen LogP contribution in [0.5, 0.6) is 0 Å². The van der Waals surface area contributed by atoms with Crippen molar-refractivity contribution in [2.75, 3.05) is 6.26 Å². The Bertz CT molecular complexity index is 1090. The second-order valence-electron chi connectivity index (χ2n) is 5.54. The van der Waals surface area contributed by atoms with Crippen molar-refractivity contribution < 1.29 is 21.6 Å². The highest BCUT2D eigenvalue weighted by Crippen LogP contribution is 2.22. The molecule has 2 aromatic heterocycles. The molecule has 0 N–H and O–H groups in total. The molecule has 3 rings (SSSR count). The van der Waals surface area contributed by atoms with Gasteiger partial charge in [-0.2, -0.15) is 8.78 Å². The van der Waals surface area contributed by atoms with Crippen LogP contribution in [0.3, 0.4) is 0 Å². The van der Waals surface area contributed by atoms with Gasteiger partial charge in [0.05, 0.1) is 11.4 Å². The number of aromatic nitrogens is 3. The predicted molar refractivity (Wildman–Crippen MR) is 87.6 cm³/mol. The summed E-state index contributed by atoms with van der Waals surface area (Å²) < 4.78 is 54.1. The molecule has 0 saturated heterocycles. The summed E-state index contributed by atoms with van der Waals surface area (Å²) in [6.07, 6.45) is -0.303. The van der Waals surface area contributed by atoms with E-state index in [1.807, 2.05) is 0 Å². The topological polar surface area (TPSA) is 95.1 Å². The van der Waals surface area contributed by atoms with Gasteiger partial charge >= 0.3 is 6.43 Å². The lowest BCUT2D eigenvalue weighted by atomic mass is 10.2. The first kappa shape index (κ1) is 17.9. The fourth-order valence-corrected chi connectivity index (χ4v) is 2.88. The van der Waals surface area contributed by atoms with Crippen LogP contribution in [0.2, 0.25) is 0 Å². The van der Waals surface area contributed by atoms with Crippen LogP contribution in [0, 0.1) is 0 Å². The second kappa shape index (κ2) is 6.79. The first-order valence-corrected chi connectivity index (χ1v) is 9.24. The van der Waals surface area contributed by atoms with Crippen LogP contribution < -0.4 is 5.56 Å². The Balaban J connectivity index is 1.82. The Morgan fingerprint density at radius 2 is 1.85 bits per heavy atom. The van der Waals surface area contributed by atoms with E-state index in [1.54, 1.807) is 12.1 Å². The third-order valence-corrected chi connectivity index (χ3v) is 4.70. The summed E-state index contributed by atoms with van der Waals surface area (Å²) >= 11 is 0. The van der Waals surface area contributed by atoms with Gasteiger partial charge in [-0.1, -0.05) is 12.1 Å². The van der Waals surface area contributed by atoms with E-state index in [0.717, 1.165) is 11.8 Å². The molecule has 0 atom stereocenters. The molecular formula is C16H13F2N3O4S. The molecular weight excluding hydrogens is 368 g/mol. The molecule has 10 heteroatoms. The largest absolute Gasteiger partial charge is 0.415 e. The van der Waals surface area contributed by atoms with Gasteiger partial charge in [0.15, 0.2) is 9.84 Å². The van der Waals surface area contributed by atoms with Crippen molar-refractivity contribution in [1.82, 2.24) is 14.8 Å². The second-order valence-corrected chi connectivity index (χ2v) is 7.56. The lowest BCUT2D eigenvalue weighted by Crippen LogP contribution is -2.19. The molecule has 0 amide bonds. The average Bonchev–Trinajstić information content (AvgIpc) is 3.07. The number of nitrogens with zero attached hydrogens (tertiary/aromatic N) is 3. The van der Waals surface area contributed by atoms with Crippen LogP contribution in [0.1, 0.15) is 17.9 Å². The van der Waals surface area contributed by atoms with E-state index >= 15 is 0 Å². The fourth-order valence-electron chi connectivity index (χ4n) is 2.25. The van der Waals surface area contributed by atoms with Crippen LogP contribution in [-0.4, -0.2) is 29.4 Å². The van der Waals surface area contributed by atoms with Crippen molar-refractivity contribution in [1.29, 1.82) is 0 Å². The first-order valence-electron chi connectivity index (χ1n) is 7.35. The summed E-state index contributed by atoms with van der Waals surface area (Å²) in [6, 6.07) is 8.86. The lowest BCUT2D eigenvalue weighted by molar-refractivity contribution is 0.116. The first-order chi connectivity index (χ1) is 12.2. The SMILES string of the molecule is CS(=O)(=O)c1ccc(Cn2ccc(-c3nnc(C(F)F)o3)cc2=O)cc1. The quantitative estimate of drug-likeness (QED) is 0.673. The number of hydrogen-bond donors (Lipinski definition) is 0. The van der Waals surface area contributed by atoms with Crippen molar-refractivity contribution in [3.05, 3.63) is 64.4 Å². The molecule has 0 spiro atoms. The molecule has 136 valence electrons. The highest BCUT2D eigenvalue weighted by Gasteiger charge is 2.17. The number of sulfone groups is 1. The fraction of sp³-hybridized carbons (Fsp3) is 0.188. The third-order valence-electron chi connectivity index (χ3n) is 3.57. The van der Waals surface area contributed by atoms with Gasteiger partial charge in [0.25, 0.3) is 11.4 Å². The standard InChI is InChI=1S/C16H13F2N3O4S/c1-26(23,24)12-4-2-10(3-5-12)9-21-7-6-11(8-13(21)22)15-19-20-16(25-15)14(17)18/h2-8,14H,9H2,1H3. The van der Waals surface area contributed by atoms with Gasteiger partial charge in [-0.3, -0.25) is 4.79 Å². The van der Waals surface area contributed by atoms with Crippen molar-refractivity contribution >= 4 is 9.84 Å². The lowest BCUT2D eigenvalue weighted by Gasteiger charge is -2.07. The maximum absolute atomic E-state index is 12.5. The minimum absolute atomic E-state index is 0.165. The van der Waals surface area contributed by atoms with Gasteiger partial charge in [-0.25, -0.2) is 8.42 Å². The van der Waals surface area contributed by atoms with Gasteiger partial charge in [-0.05, 0) is 23.8 Å². The van der Waals surface area contributed by atoms with Crippen LogP contribution in [-0.2, 0) is 16.4 Å². The van der Waals surface area contributed by atoms with E-state index in [1.165, 1.54) is 35.0 Å². The molecule has 0 aliphatic rings. The molecule has 26 heavy (non-hydrogen) atoms. The molecule has 1 aromatic carbocycles. The van der Waals surface area contributed by atoms with Crippen LogP contribution in [0.15, 0.2) is 56.7 Å². The molecule has 3 aromatic rings. The van der Waals surface area contributed by atoms with Gasteiger partial charge in [0.1, 0.15) is 0 Å². The summed E-state index contributed by atoms with van der Waals surface area (Å²) in [5, 5.41) is 6.71. The Morgan fingerprint density at radius 1 is 1.15 bits per heavy atom. The zero-order valence-corrected chi connectivity index (χ0v) is 14.3. The number of benzene rings is 1. The van der Waals surface area contributed by atoms with Crippen molar-refractivity contribution in [2.24, 2.45) is 0 Å². The van der Waals surface area contributed by atoms with E-state index in [-0.39, 0.29) is 22.9 Å². The van der Waals surface area contributed by atoms with E-state index in [0.29, 0.717) is 0 Å². The number of alkyl halides is 2. The van der Waals surface area contributed by atoms with Crippen LogP contribution >= 0.6 is 0 Å². The van der Waals surface area contributed by atoms with Gasteiger partial charge < -0.3 is 8.98 Å². The Hall–Kier alpha value is -2.88. The number of rotatable bonds is 5. The van der Waals surface area contributed by atoms with Gasteiger partial charge in [-0.15, -0.1) is 10.2 Å². The summed E-state index contributed by atoms with van der Waals surface area (Å²) in [6.45, 7) is 0.218. The Labute approximate surface area is 146 Å². The molecule has 0 aliphatic carbocycles. The van der Waals surface area contributed by atoms with Gasteiger partial charge in [0.2, 0.25) is 5.89 Å². The summed E-state index contributed by atoms with van der Waals surface area (Å²) in [7, 11) is -3.29. The van der Waals surface area contributed by atoms with Crippen LogP contribution in [0.4, 0.5) is 8.78 Å². The maximum atomic E-state index is 12.5. The van der Waals surface area contributed by atoms with E-state index in [2.05, 4.69) is 10.2 Å². The molecule has 0 radical (unpaired) electrons. The summed E-state index contributed by atoms with van der Waals surface area (Å²) in [4.78, 5) is 12.4. The van der Waals surface area contributed by atoms with Crippen molar-refractivity contribution in [3.8, 4) is 11.5 Å². The number of pyridine rings is 1. The van der Waals surface area contributed by atoms with E-state index < -0.39 is 27.7 Å². The molecule has 0 unspecified atom stereocenters. The Kier molecular flexibility index (Phi) is 4.68. The maximum Gasteiger partial charge on any atom is 0.314 e. The number of halogens is 2. The summed E-state index contributed by atoms with van der Waals surface area (Å²) in [5.74, 6) is -0.975. The van der Waals surface area contributed by atoms with E-state index in [4.69, 9.17) is 4.42 Å². The molecule has 2 heterocycles. The third kappa shape index (κ3) is 3.85. The predicted octanol–water partition coefficient (Wildman–Crippen LogP) is 2.29. The van der Waals surface area contributed by atoms with Crippen molar-refractivity contribution in [2.45, 2.75) is 17.9 Å². The minimum Gasteiger partial charge on any atom is -0.415 e.